The lowest BCUT2D eigenvalue weighted by molar-refractivity contribution is 0.122. The monoisotopic (exact) mass is 250 g/mol. The summed E-state index contributed by atoms with van der Waals surface area (Å²) in [6.45, 7) is 14.3. The fourth-order valence-corrected chi connectivity index (χ4v) is 1.81. The second-order valence-corrected chi connectivity index (χ2v) is 5.76. The molecule has 0 aliphatic carbocycles. The predicted octanol–water partition coefficient (Wildman–Crippen LogP) is 3.38. The largest absolute Gasteiger partial charge is 0.472 e. The highest BCUT2D eigenvalue weighted by atomic mass is 16.5. The van der Waals surface area contributed by atoms with Crippen LogP contribution in [0.4, 0.5) is 0 Å². The Labute approximate surface area is 111 Å². The first-order valence-corrected chi connectivity index (χ1v) is 6.70. The fourth-order valence-electron chi connectivity index (χ4n) is 1.81. The number of nitrogens with one attached hydrogen (secondary N) is 1. The van der Waals surface area contributed by atoms with Crippen LogP contribution in [0.1, 0.15) is 50.9 Å². The molecule has 18 heavy (non-hydrogen) atoms. The maximum Gasteiger partial charge on any atom is 0.218 e. The summed E-state index contributed by atoms with van der Waals surface area (Å²) >= 11 is 0. The summed E-state index contributed by atoms with van der Waals surface area (Å²) in [5, 5.41) is 3.42. The molecular formula is C15H26N2O. The first kappa shape index (κ1) is 15.0. The number of nitrogens with zero attached hydrogens (tertiary/aromatic N) is 1. The summed E-state index contributed by atoms with van der Waals surface area (Å²) < 4.78 is 5.97. The van der Waals surface area contributed by atoms with Gasteiger partial charge in [-0.1, -0.05) is 6.92 Å². The second kappa shape index (κ2) is 6.19. The van der Waals surface area contributed by atoms with Gasteiger partial charge in [-0.15, -0.1) is 0 Å². The summed E-state index contributed by atoms with van der Waals surface area (Å²) in [7, 11) is 0. The van der Waals surface area contributed by atoms with Crippen LogP contribution in [0.25, 0.3) is 0 Å². The maximum absolute atomic E-state index is 5.97. The zero-order valence-electron chi connectivity index (χ0n) is 12.6. The van der Waals surface area contributed by atoms with Crippen LogP contribution in [-0.2, 0) is 6.54 Å². The summed E-state index contributed by atoms with van der Waals surface area (Å²) in [6, 6.07) is 2.11. The third kappa shape index (κ3) is 4.65. The van der Waals surface area contributed by atoms with Crippen LogP contribution in [0.5, 0.6) is 5.88 Å². The van der Waals surface area contributed by atoms with Crippen molar-refractivity contribution in [2.24, 2.45) is 0 Å². The van der Waals surface area contributed by atoms with Crippen molar-refractivity contribution in [1.82, 2.24) is 10.3 Å². The van der Waals surface area contributed by atoms with Gasteiger partial charge in [0.25, 0.3) is 0 Å². The van der Waals surface area contributed by atoms with E-state index < -0.39 is 0 Å². The number of ether oxygens (including phenoxy) is 1. The normalized spacial score (nSPS) is 11.7. The molecule has 0 atom stereocenters. The fraction of sp³-hybridized carbons (Fsp3) is 0.667. The standard InChI is InChI=1S/C15H26N2O/c1-7-8-16-10-13-11(2)9-12(3)17-14(13)18-15(4,5)6/h9,16H,7-8,10H2,1-6H3. The van der Waals surface area contributed by atoms with E-state index in [4.69, 9.17) is 4.74 Å². The third-order valence-electron chi connectivity index (χ3n) is 2.57. The summed E-state index contributed by atoms with van der Waals surface area (Å²) in [5.74, 6) is 0.767. The summed E-state index contributed by atoms with van der Waals surface area (Å²) in [6.07, 6.45) is 1.13. The van der Waals surface area contributed by atoms with Crippen molar-refractivity contribution in [3.05, 3.63) is 22.9 Å². The van der Waals surface area contributed by atoms with Gasteiger partial charge in [-0.05, 0) is 59.2 Å². The van der Waals surface area contributed by atoms with E-state index in [0.717, 1.165) is 31.1 Å². The molecule has 1 N–H and O–H groups in total. The maximum atomic E-state index is 5.97. The van der Waals surface area contributed by atoms with Gasteiger partial charge >= 0.3 is 0 Å². The van der Waals surface area contributed by atoms with Gasteiger partial charge in [0, 0.05) is 17.8 Å². The van der Waals surface area contributed by atoms with Gasteiger partial charge in [0.05, 0.1) is 0 Å². The molecule has 0 unspecified atom stereocenters. The van der Waals surface area contributed by atoms with Gasteiger partial charge < -0.3 is 10.1 Å². The average molecular weight is 250 g/mol. The molecular weight excluding hydrogens is 224 g/mol. The van der Waals surface area contributed by atoms with Crippen molar-refractivity contribution in [2.75, 3.05) is 6.54 Å². The SMILES string of the molecule is CCCNCc1c(C)cc(C)nc1OC(C)(C)C. The summed E-state index contributed by atoms with van der Waals surface area (Å²) in [4.78, 5) is 4.54. The number of hydrogen-bond donors (Lipinski definition) is 1. The molecule has 0 saturated heterocycles. The van der Waals surface area contributed by atoms with Crippen molar-refractivity contribution in [3.63, 3.8) is 0 Å². The first-order valence-electron chi connectivity index (χ1n) is 6.70. The molecule has 102 valence electrons. The Hall–Kier alpha value is -1.09. The molecule has 1 rings (SSSR count). The molecule has 1 aromatic rings. The van der Waals surface area contributed by atoms with E-state index in [1.165, 1.54) is 11.1 Å². The molecule has 0 spiro atoms. The van der Waals surface area contributed by atoms with Gasteiger partial charge in [0.2, 0.25) is 5.88 Å². The molecule has 3 heteroatoms. The Morgan fingerprint density at radius 3 is 2.50 bits per heavy atom. The molecule has 1 aromatic heterocycles. The number of hydrogen-bond acceptors (Lipinski definition) is 3. The van der Waals surface area contributed by atoms with Crippen LogP contribution in [0, 0.1) is 13.8 Å². The smallest absolute Gasteiger partial charge is 0.218 e. The van der Waals surface area contributed by atoms with Gasteiger partial charge in [-0.3, -0.25) is 0 Å². The Morgan fingerprint density at radius 1 is 1.28 bits per heavy atom. The minimum atomic E-state index is -0.216. The quantitative estimate of drug-likeness (QED) is 0.814. The van der Waals surface area contributed by atoms with E-state index in [-0.39, 0.29) is 5.60 Å². The Morgan fingerprint density at radius 2 is 1.94 bits per heavy atom. The molecule has 0 aliphatic heterocycles. The highest BCUT2D eigenvalue weighted by Crippen LogP contribution is 2.24. The van der Waals surface area contributed by atoms with E-state index >= 15 is 0 Å². The Bertz CT molecular complexity index is 394. The molecule has 3 nitrogen and oxygen atoms in total. The number of pyridine rings is 1. The van der Waals surface area contributed by atoms with E-state index in [1.54, 1.807) is 0 Å². The summed E-state index contributed by atoms with van der Waals surface area (Å²) in [5.41, 5.74) is 3.20. The van der Waals surface area contributed by atoms with Crippen molar-refractivity contribution in [3.8, 4) is 5.88 Å². The van der Waals surface area contributed by atoms with Gasteiger partial charge in [-0.2, -0.15) is 0 Å². The van der Waals surface area contributed by atoms with Crippen LogP contribution >= 0.6 is 0 Å². The topological polar surface area (TPSA) is 34.2 Å². The van der Waals surface area contributed by atoms with Crippen molar-refractivity contribution < 1.29 is 4.74 Å². The molecule has 1 heterocycles. The van der Waals surface area contributed by atoms with Crippen molar-refractivity contribution in [2.45, 2.75) is 60.1 Å². The molecule has 0 saturated carbocycles. The lowest BCUT2D eigenvalue weighted by atomic mass is 10.1. The van der Waals surface area contributed by atoms with Crippen LogP contribution in [0.15, 0.2) is 6.07 Å². The van der Waals surface area contributed by atoms with Crippen LogP contribution in [0.3, 0.4) is 0 Å². The molecule has 0 aliphatic rings. The Kier molecular flexibility index (Phi) is 5.15. The van der Waals surface area contributed by atoms with Gasteiger partial charge in [-0.25, -0.2) is 4.98 Å². The van der Waals surface area contributed by atoms with Crippen LogP contribution in [0.2, 0.25) is 0 Å². The zero-order valence-corrected chi connectivity index (χ0v) is 12.6. The van der Waals surface area contributed by atoms with E-state index in [0.29, 0.717) is 0 Å². The van der Waals surface area contributed by atoms with Crippen LogP contribution in [-0.4, -0.2) is 17.1 Å². The highest BCUT2D eigenvalue weighted by Gasteiger charge is 2.17. The Balaban J connectivity index is 2.97. The average Bonchev–Trinajstić information content (AvgIpc) is 2.19. The molecule has 0 fully saturated rings. The molecule has 0 radical (unpaired) electrons. The van der Waals surface area contributed by atoms with E-state index in [2.05, 4.69) is 51.0 Å². The number of aryl methyl sites for hydroxylation is 2. The van der Waals surface area contributed by atoms with Crippen LogP contribution < -0.4 is 10.1 Å². The molecule has 0 bridgehead atoms. The molecule has 0 aromatic carbocycles. The van der Waals surface area contributed by atoms with Crippen molar-refractivity contribution >= 4 is 0 Å². The predicted molar refractivity (Wildman–Crippen MR) is 76.1 cm³/mol. The van der Waals surface area contributed by atoms with E-state index in [9.17, 15) is 0 Å². The third-order valence-corrected chi connectivity index (χ3v) is 2.57. The van der Waals surface area contributed by atoms with Gasteiger partial charge in [0.1, 0.15) is 5.60 Å². The second-order valence-electron chi connectivity index (χ2n) is 5.76. The first-order chi connectivity index (χ1) is 8.33. The van der Waals surface area contributed by atoms with Crippen molar-refractivity contribution in [1.29, 1.82) is 0 Å². The lowest BCUT2D eigenvalue weighted by Crippen LogP contribution is -2.26. The number of rotatable bonds is 5. The zero-order chi connectivity index (χ0) is 13.8. The molecule has 0 amide bonds. The minimum absolute atomic E-state index is 0.216. The lowest BCUT2D eigenvalue weighted by Gasteiger charge is -2.23. The van der Waals surface area contributed by atoms with E-state index in [1.807, 2.05) is 6.92 Å². The number of aromatic nitrogens is 1. The van der Waals surface area contributed by atoms with Gasteiger partial charge in [0.15, 0.2) is 0 Å². The minimum Gasteiger partial charge on any atom is -0.472 e. The highest BCUT2D eigenvalue weighted by molar-refractivity contribution is 5.36.